The lowest BCUT2D eigenvalue weighted by atomic mass is 10.2. The number of hydrogen-bond acceptors (Lipinski definition) is 4. The number of thiophene rings is 1. The molecule has 114 valence electrons. The number of hydrogen-bond donors (Lipinski definition) is 0. The van der Waals surface area contributed by atoms with Crippen molar-refractivity contribution in [1.82, 2.24) is 18.9 Å². The van der Waals surface area contributed by atoms with Crippen molar-refractivity contribution in [3.8, 4) is 0 Å². The molecule has 0 aromatic carbocycles. The zero-order valence-corrected chi connectivity index (χ0v) is 13.2. The number of aryl methyl sites for hydroxylation is 2. The summed E-state index contributed by atoms with van der Waals surface area (Å²) >= 11 is 1.68. The van der Waals surface area contributed by atoms with E-state index in [4.69, 9.17) is 0 Å². The minimum atomic E-state index is 0.0615. The Morgan fingerprint density at radius 1 is 1.26 bits per heavy atom. The summed E-state index contributed by atoms with van der Waals surface area (Å²) in [5, 5.41) is 0.828. The average Bonchev–Trinajstić information content (AvgIpc) is 3.22. The van der Waals surface area contributed by atoms with Crippen LogP contribution in [0.25, 0.3) is 15.9 Å². The predicted molar refractivity (Wildman–Crippen MR) is 90.2 cm³/mol. The van der Waals surface area contributed by atoms with Crippen molar-refractivity contribution in [3.63, 3.8) is 0 Å². The van der Waals surface area contributed by atoms with E-state index < -0.39 is 0 Å². The Morgan fingerprint density at radius 3 is 3.13 bits per heavy atom. The van der Waals surface area contributed by atoms with Crippen LogP contribution in [0.15, 0.2) is 41.7 Å². The van der Waals surface area contributed by atoms with Crippen LogP contribution in [0.4, 0.5) is 0 Å². The lowest BCUT2D eigenvalue weighted by molar-refractivity contribution is 0.734. The highest BCUT2D eigenvalue weighted by atomic mass is 32.1. The normalized spacial score (nSPS) is 13.9. The molecule has 1 aliphatic rings. The van der Waals surface area contributed by atoms with Crippen molar-refractivity contribution in [1.29, 1.82) is 0 Å². The lowest BCUT2D eigenvalue weighted by Gasteiger charge is -2.03. The standard InChI is InChI=1S/C17H14N4OS/c22-17-15-12-4-3-5-13(12)23-16(15)18-10-21(17)9-11-8-20-7-2-1-6-14(20)19-11/h1-2,6-8,10H,3-5,9H2. The van der Waals surface area contributed by atoms with E-state index in [1.165, 1.54) is 10.4 Å². The van der Waals surface area contributed by atoms with Crippen LogP contribution in [-0.4, -0.2) is 18.9 Å². The van der Waals surface area contributed by atoms with Gasteiger partial charge in [0.05, 0.1) is 24.0 Å². The molecule has 0 amide bonds. The van der Waals surface area contributed by atoms with Crippen LogP contribution in [0.3, 0.4) is 0 Å². The maximum absolute atomic E-state index is 12.9. The summed E-state index contributed by atoms with van der Waals surface area (Å²) in [5.74, 6) is 0. The first-order valence-corrected chi connectivity index (χ1v) is 8.53. The highest BCUT2D eigenvalue weighted by Gasteiger charge is 2.21. The Kier molecular flexibility index (Phi) is 2.69. The van der Waals surface area contributed by atoms with E-state index in [9.17, 15) is 4.79 Å². The first kappa shape index (κ1) is 13.0. The van der Waals surface area contributed by atoms with Crippen molar-refractivity contribution >= 4 is 27.2 Å². The summed E-state index contributed by atoms with van der Waals surface area (Å²) < 4.78 is 3.64. The number of imidazole rings is 1. The fourth-order valence-electron chi connectivity index (χ4n) is 3.37. The van der Waals surface area contributed by atoms with E-state index >= 15 is 0 Å². The van der Waals surface area contributed by atoms with Gasteiger partial charge >= 0.3 is 0 Å². The van der Waals surface area contributed by atoms with Gasteiger partial charge in [0, 0.05) is 17.3 Å². The molecule has 0 unspecified atom stereocenters. The van der Waals surface area contributed by atoms with E-state index in [0.717, 1.165) is 40.8 Å². The lowest BCUT2D eigenvalue weighted by Crippen LogP contribution is -2.21. The molecule has 0 fully saturated rings. The van der Waals surface area contributed by atoms with Crippen molar-refractivity contribution in [2.75, 3.05) is 0 Å². The molecule has 4 heterocycles. The third kappa shape index (κ3) is 1.95. The van der Waals surface area contributed by atoms with Gasteiger partial charge in [0.2, 0.25) is 0 Å². The van der Waals surface area contributed by atoms with Gasteiger partial charge < -0.3 is 4.40 Å². The summed E-state index contributed by atoms with van der Waals surface area (Å²) in [6, 6.07) is 5.88. The smallest absolute Gasteiger partial charge is 0.262 e. The summed E-state index contributed by atoms with van der Waals surface area (Å²) in [6.07, 6.45) is 8.82. The second-order valence-corrected chi connectivity index (χ2v) is 7.00. The fraction of sp³-hybridized carbons (Fsp3) is 0.235. The van der Waals surface area contributed by atoms with Crippen LogP contribution in [-0.2, 0) is 19.4 Å². The van der Waals surface area contributed by atoms with E-state index in [-0.39, 0.29) is 5.56 Å². The number of nitrogens with zero attached hydrogens (tertiary/aromatic N) is 4. The molecule has 0 bridgehead atoms. The number of pyridine rings is 1. The van der Waals surface area contributed by atoms with Crippen LogP contribution in [0.5, 0.6) is 0 Å². The van der Waals surface area contributed by atoms with E-state index in [2.05, 4.69) is 9.97 Å². The van der Waals surface area contributed by atoms with Crippen molar-refractivity contribution < 1.29 is 0 Å². The summed E-state index contributed by atoms with van der Waals surface area (Å²) in [7, 11) is 0. The molecular formula is C17H14N4OS. The van der Waals surface area contributed by atoms with Crippen LogP contribution in [0.1, 0.15) is 22.6 Å². The Hall–Kier alpha value is -2.47. The highest BCUT2D eigenvalue weighted by molar-refractivity contribution is 7.18. The molecule has 4 aromatic rings. The van der Waals surface area contributed by atoms with Crippen LogP contribution < -0.4 is 5.56 Å². The monoisotopic (exact) mass is 322 g/mol. The minimum Gasteiger partial charge on any atom is -0.307 e. The first-order valence-electron chi connectivity index (χ1n) is 7.72. The topological polar surface area (TPSA) is 52.2 Å². The van der Waals surface area contributed by atoms with Gasteiger partial charge in [0.15, 0.2) is 0 Å². The van der Waals surface area contributed by atoms with Gasteiger partial charge in [-0.15, -0.1) is 11.3 Å². The second kappa shape index (κ2) is 4.76. The third-order valence-electron chi connectivity index (χ3n) is 4.44. The maximum atomic E-state index is 12.9. The van der Waals surface area contributed by atoms with Gasteiger partial charge in [0.1, 0.15) is 10.5 Å². The summed E-state index contributed by atoms with van der Waals surface area (Å²) in [5.41, 5.74) is 3.05. The zero-order valence-electron chi connectivity index (χ0n) is 12.4. The van der Waals surface area contributed by atoms with Gasteiger partial charge in [-0.2, -0.15) is 0 Å². The molecule has 0 saturated carbocycles. The quantitative estimate of drug-likeness (QED) is 0.570. The Balaban J connectivity index is 1.62. The molecule has 0 spiro atoms. The van der Waals surface area contributed by atoms with E-state index in [0.29, 0.717) is 6.54 Å². The Bertz CT molecular complexity index is 1070. The molecule has 5 rings (SSSR count). The Labute approximate surface area is 135 Å². The molecule has 0 radical (unpaired) electrons. The maximum Gasteiger partial charge on any atom is 0.262 e. The van der Waals surface area contributed by atoms with Crippen molar-refractivity contribution in [2.45, 2.75) is 25.8 Å². The molecule has 0 atom stereocenters. The molecule has 23 heavy (non-hydrogen) atoms. The van der Waals surface area contributed by atoms with Gasteiger partial charge in [0.25, 0.3) is 5.56 Å². The van der Waals surface area contributed by atoms with E-state index in [1.54, 1.807) is 22.2 Å². The molecule has 6 heteroatoms. The molecule has 1 aliphatic carbocycles. The number of fused-ring (bicyclic) bond motifs is 4. The van der Waals surface area contributed by atoms with Crippen LogP contribution in [0, 0.1) is 0 Å². The van der Waals surface area contributed by atoms with Crippen LogP contribution >= 0.6 is 11.3 Å². The molecule has 5 nitrogen and oxygen atoms in total. The zero-order chi connectivity index (χ0) is 15.4. The Morgan fingerprint density at radius 2 is 2.22 bits per heavy atom. The highest BCUT2D eigenvalue weighted by Crippen LogP contribution is 2.34. The second-order valence-electron chi connectivity index (χ2n) is 5.91. The van der Waals surface area contributed by atoms with Gasteiger partial charge in [-0.3, -0.25) is 9.36 Å². The summed E-state index contributed by atoms with van der Waals surface area (Å²) in [6.45, 7) is 0.452. The predicted octanol–water partition coefficient (Wildman–Crippen LogP) is 2.64. The SMILES string of the molecule is O=c1c2c3c(sc2ncn1Cc1cn2ccccc2n1)CCC3. The molecule has 4 aromatic heterocycles. The van der Waals surface area contributed by atoms with E-state index in [1.807, 2.05) is 35.0 Å². The third-order valence-corrected chi connectivity index (χ3v) is 5.64. The van der Waals surface area contributed by atoms with Gasteiger partial charge in [-0.05, 0) is 37.0 Å². The minimum absolute atomic E-state index is 0.0615. The summed E-state index contributed by atoms with van der Waals surface area (Å²) in [4.78, 5) is 24.2. The fourth-order valence-corrected chi connectivity index (χ4v) is 4.59. The number of rotatable bonds is 2. The van der Waals surface area contributed by atoms with Gasteiger partial charge in [-0.25, -0.2) is 9.97 Å². The molecular weight excluding hydrogens is 308 g/mol. The molecule has 0 N–H and O–H groups in total. The number of aromatic nitrogens is 4. The van der Waals surface area contributed by atoms with Crippen LogP contribution in [0.2, 0.25) is 0 Å². The van der Waals surface area contributed by atoms with Gasteiger partial charge in [-0.1, -0.05) is 6.07 Å². The molecule has 0 aliphatic heterocycles. The first-order chi connectivity index (χ1) is 11.3. The van der Waals surface area contributed by atoms with Crippen molar-refractivity contribution in [2.24, 2.45) is 0 Å². The average molecular weight is 322 g/mol. The largest absolute Gasteiger partial charge is 0.307 e. The van der Waals surface area contributed by atoms with Crippen molar-refractivity contribution in [3.05, 3.63) is 63.4 Å². The molecule has 0 saturated heterocycles.